The normalized spacial score (nSPS) is 17.0. The fourth-order valence-corrected chi connectivity index (χ4v) is 5.26. The number of hydrogen-bond donors (Lipinski definition) is 2. The van der Waals surface area contributed by atoms with Gasteiger partial charge in [-0.05, 0) is 72.8 Å². The second-order valence-corrected chi connectivity index (χ2v) is 9.78. The van der Waals surface area contributed by atoms with Crippen LogP contribution in [0.3, 0.4) is 0 Å². The number of nitrogens with one attached hydrogen (secondary N) is 1. The van der Waals surface area contributed by atoms with Crippen LogP contribution in [0.4, 0.5) is 14.9 Å². The van der Waals surface area contributed by atoms with Crippen molar-refractivity contribution in [3.05, 3.63) is 52.1 Å². The van der Waals surface area contributed by atoms with E-state index in [2.05, 4.69) is 20.7 Å². The van der Waals surface area contributed by atoms with Crippen molar-refractivity contribution in [1.82, 2.24) is 4.98 Å². The molecule has 0 saturated carbocycles. The maximum atomic E-state index is 14.3. The summed E-state index contributed by atoms with van der Waals surface area (Å²) < 4.78 is 30.9. The molecule has 1 heterocycles. The number of anilines is 1. The van der Waals surface area contributed by atoms with E-state index >= 15 is 0 Å². The van der Waals surface area contributed by atoms with Crippen molar-refractivity contribution in [2.45, 2.75) is 63.2 Å². The fourth-order valence-electron chi connectivity index (χ4n) is 4.24. The Hall–Kier alpha value is -2.32. The standard InChI is InChI=1S/C21H25FN4O2S/c1-12(2)18-10-19(17(22)11-24-18)29(23,28)26-21(27)25-20-15-7-3-5-13(15)9-14-6-4-8-16(14)20/h9-12H,3-8H2,1-2H3,(H3,23,25,26,27,28). The van der Waals surface area contributed by atoms with Gasteiger partial charge in [0.05, 0.1) is 6.20 Å². The van der Waals surface area contributed by atoms with E-state index in [1.54, 1.807) is 0 Å². The molecule has 0 aliphatic heterocycles. The zero-order valence-electron chi connectivity index (χ0n) is 16.6. The van der Waals surface area contributed by atoms with Gasteiger partial charge in [0.1, 0.15) is 14.8 Å². The van der Waals surface area contributed by atoms with Crippen molar-refractivity contribution in [3.8, 4) is 0 Å². The van der Waals surface area contributed by atoms with Gasteiger partial charge in [0.2, 0.25) is 0 Å². The van der Waals surface area contributed by atoms with E-state index in [9.17, 15) is 13.4 Å². The third-order valence-electron chi connectivity index (χ3n) is 5.67. The number of halogens is 1. The first-order chi connectivity index (χ1) is 13.8. The van der Waals surface area contributed by atoms with Gasteiger partial charge in [0, 0.05) is 11.4 Å². The summed E-state index contributed by atoms with van der Waals surface area (Å²) in [4.78, 5) is 16.3. The molecule has 2 aliphatic carbocycles. The minimum absolute atomic E-state index is 0.00660. The van der Waals surface area contributed by atoms with Crippen LogP contribution in [0.1, 0.15) is 60.6 Å². The summed E-state index contributed by atoms with van der Waals surface area (Å²) in [6.45, 7) is 3.76. The van der Waals surface area contributed by atoms with E-state index in [0.29, 0.717) is 5.69 Å². The number of aryl methyl sites for hydroxylation is 2. The largest absolute Gasteiger partial charge is 0.354 e. The first kappa shape index (κ1) is 20.0. The lowest BCUT2D eigenvalue weighted by molar-refractivity contribution is 0.260. The zero-order valence-corrected chi connectivity index (χ0v) is 17.4. The number of nitrogens with zero attached hydrogens (tertiary/aromatic N) is 2. The molecule has 1 aromatic carbocycles. The van der Waals surface area contributed by atoms with Crippen molar-refractivity contribution < 1.29 is 13.4 Å². The van der Waals surface area contributed by atoms with Crippen molar-refractivity contribution in [2.75, 3.05) is 5.32 Å². The summed E-state index contributed by atoms with van der Waals surface area (Å²) in [6, 6.07) is 2.77. The van der Waals surface area contributed by atoms with Crippen LogP contribution in [-0.2, 0) is 35.6 Å². The molecule has 0 fully saturated rings. The van der Waals surface area contributed by atoms with Gasteiger partial charge in [-0.15, -0.1) is 4.36 Å². The number of benzene rings is 1. The summed E-state index contributed by atoms with van der Waals surface area (Å²) in [5.74, 6) is -0.840. The van der Waals surface area contributed by atoms with Crippen molar-refractivity contribution in [1.29, 1.82) is 0 Å². The second kappa shape index (κ2) is 7.50. The monoisotopic (exact) mass is 416 g/mol. The van der Waals surface area contributed by atoms with Crippen molar-refractivity contribution in [2.24, 2.45) is 9.50 Å². The van der Waals surface area contributed by atoms with Gasteiger partial charge in [0.25, 0.3) is 0 Å². The topological polar surface area (TPSA) is 97.4 Å². The fraction of sp³-hybridized carbons (Fsp3) is 0.429. The van der Waals surface area contributed by atoms with E-state index in [-0.39, 0.29) is 10.8 Å². The molecule has 0 saturated heterocycles. The summed E-state index contributed by atoms with van der Waals surface area (Å²) in [5.41, 5.74) is 6.11. The molecule has 1 aromatic heterocycles. The average molecular weight is 417 g/mol. The van der Waals surface area contributed by atoms with Gasteiger partial charge in [-0.1, -0.05) is 19.9 Å². The zero-order chi connectivity index (χ0) is 20.8. The molecular formula is C21H25FN4O2S. The van der Waals surface area contributed by atoms with Crippen LogP contribution in [0.5, 0.6) is 0 Å². The van der Waals surface area contributed by atoms with E-state index in [0.717, 1.165) is 61.5 Å². The molecule has 2 aliphatic rings. The van der Waals surface area contributed by atoms with E-state index in [1.807, 2.05) is 13.8 Å². The summed E-state index contributed by atoms with van der Waals surface area (Å²) in [6.07, 6.45) is 6.85. The number of hydrogen-bond acceptors (Lipinski definition) is 3. The highest BCUT2D eigenvalue weighted by Gasteiger charge is 2.25. The lowest BCUT2D eigenvalue weighted by Gasteiger charge is -2.15. The minimum atomic E-state index is -3.75. The molecule has 8 heteroatoms. The minimum Gasteiger partial charge on any atom is -0.305 e. The Kier molecular flexibility index (Phi) is 5.16. The molecule has 4 rings (SSSR count). The third kappa shape index (κ3) is 3.79. The number of rotatable bonds is 3. The number of aromatic nitrogens is 1. The molecule has 6 nitrogen and oxygen atoms in total. The molecule has 2 aromatic rings. The number of amides is 2. The molecule has 0 spiro atoms. The Balaban J connectivity index is 1.70. The Morgan fingerprint density at radius 1 is 1.17 bits per heavy atom. The van der Waals surface area contributed by atoms with Gasteiger partial charge in [-0.2, -0.15) is 0 Å². The van der Waals surface area contributed by atoms with Gasteiger partial charge in [-0.3, -0.25) is 4.98 Å². The van der Waals surface area contributed by atoms with Crippen LogP contribution in [-0.4, -0.2) is 15.2 Å². The maximum absolute atomic E-state index is 14.3. The predicted molar refractivity (Wildman–Crippen MR) is 111 cm³/mol. The first-order valence-corrected chi connectivity index (χ1v) is 11.5. The Morgan fingerprint density at radius 3 is 2.38 bits per heavy atom. The summed E-state index contributed by atoms with van der Waals surface area (Å²) in [7, 11) is -3.75. The van der Waals surface area contributed by atoms with Gasteiger partial charge in [0.15, 0.2) is 5.82 Å². The van der Waals surface area contributed by atoms with Crippen LogP contribution in [0.2, 0.25) is 0 Å². The summed E-state index contributed by atoms with van der Waals surface area (Å²) in [5, 5.41) is 8.64. The lowest BCUT2D eigenvalue weighted by atomic mass is 9.99. The number of carbonyl (C=O) groups is 1. The van der Waals surface area contributed by atoms with Crippen LogP contribution in [0, 0.1) is 5.82 Å². The van der Waals surface area contributed by atoms with Crippen molar-refractivity contribution >= 4 is 21.6 Å². The SMILES string of the molecule is CC(C)c1cc(S(N)(=O)=NC(=O)Nc2c3c(cc4c2CCC4)CCC3)c(F)cn1. The first-order valence-electron chi connectivity index (χ1n) is 9.94. The predicted octanol–water partition coefficient (Wildman–Crippen LogP) is 4.25. The molecule has 3 N–H and O–H groups in total. The number of pyridine rings is 1. The molecule has 0 bridgehead atoms. The number of urea groups is 1. The molecule has 0 radical (unpaired) electrons. The highest BCUT2D eigenvalue weighted by atomic mass is 32.2. The van der Waals surface area contributed by atoms with E-state index in [4.69, 9.17) is 5.14 Å². The molecular weight excluding hydrogens is 391 g/mol. The highest BCUT2D eigenvalue weighted by Crippen LogP contribution is 2.38. The molecule has 2 amide bonds. The smallest absolute Gasteiger partial charge is 0.305 e. The highest BCUT2D eigenvalue weighted by molar-refractivity contribution is 7.91. The van der Waals surface area contributed by atoms with Gasteiger partial charge >= 0.3 is 6.03 Å². The Labute approximate surface area is 170 Å². The van der Waals surface area contributed by atoms with E-state index < -0.39 is 21.8 Å². The molecule has 29 heavy (non-hydrogen) atoms. The lowest BCUT2D eigenvalue weighted by Crippen LogP contribution is -2.20. The second-order valence-electron chi connectivity index (χ2n) is 8.02. The van der Waals surface area contributed by atoms with Crippen molar-refractivity contribution in [3.63, 3.8) is 0 Å². The number of fused-ring (bicyclic) bond motifs is 2. The van der Waals surface area contributed by atoms with Crippen LogP contribution >= 0.6 is 0 Å². The number of nitrogens with two attached hydrogens (primary N) is 1. The third-order valence-corrected chi connectivity index (χ3v) is 7.05. The molecule has 1 atom stereocenters. The average Bonchev–Trinajstić information content (AvgIpc) is 3.30. The maximum Gasteiger partial charge on any atom is 0.354 e. The molecule has 154 valence electrons. The molecule has 1 unspecified atom stereocenters. The Bertz CT molecular complexity index is 1090. The summed E-state index contributed by atoms with van der Waals surface area (Å²) >= 11 is 0. The Morgan fingerprint density at radius 2 is 1.79 bits per heavy atom. The van der Waals surface area contributed by atoms with E-state index in [1.165, 1.54) is 17.2 Å². The van der Waals surface area contributed by atoms with Gasteiger partial charge in [-0.25, -0.2) is 18.5 Å². The van der Waals surface area contributed by atoms with Crippen LogP contribution in [0.15, 0.2) is 27.6 Å². The van der Waals surface area contributed by atoms with Crippen LogP contribution in [0.25, 0.3) is 0 Å². The number of carbonyl (C=O) groups excluding carboxylic acids is 1. The van der Waals surface area contributed by atoms with Gasteiger partial charge < -0.3 is 5.32 Å². The van der Waals surface area contributed by atoms with Crippen LogP contribution < -0.4 is 10.5 Å². The quantitative estimate of drug-likeness (QED) is 0.782.